The molecule has 1 fully saturated rings. The first-order chi connectivity index (χ1) is 9.33. The molecule has 5 heteroatoms. The molecule has 0 atom stereocenters. The minimum atomic E-state index is 0.232. The fourth-order valence-electron chi connectivity index (χ4n) is 2.34. The number of rotatable bonds is 2. The molecule has 0 saturated carbocycles. The van der Waals surface area contributed by atoms with Crippen molar-refractivity contribution in [2.45, 2.75) is 25.7 Å². The summed E-state index contributed by atoms with van der Waals surface area (Å²) in [6.07, 6.45) is 4.92. The molecule has 1 aliphatic rings. The number of hydrogen-bond donors (Lipinski definition) is 1. The van der Waals surface area contributed by atoms with Gasteiger partial charge in [-0.25, -0.2) is 0 Å². The van der Waals surface area contributed by atoms with Crippen LogP contribution < -0.4 is 4.90 Å². The zero-order chi connectivity index (χ0) is 13.1. The topological polar surface area (TPSA) is 62.4 Å². The molecule has 3 rings (SSSR count). The molecule has 0 amide bonds. The molecule has 5 nitrogen and oxygen atoms in total. The van der Waals surface area contributed by atoms with Crippen LogP contribution >= 0.6 is 0 Å². The molecule has 19 heavy (non-hydrogen) atoms. The second-order valence-corrected chi connectivity index (χ2v) is 4.85. The molecule has 2 aromatic rings. The van der Waals surface area contributed by atoms with Crippen LogP contribution in [0.5, 0.6) is 5.75 Å². The highest BCUT2D eigenvalue weighted by Crippen LogP contribution is 2.23. The van der Waals surface area contributed by atoms with Gasteiger partial charge in [-0.3, -0.25) is 0 Å². The maximum atomic E-state index is 9.27. The van der Waals surface area contributed by atoms with E-state index in [4.69, 9.17) is 4.52 Å². The van der Waals surface area contributed by atoms with E-state index >= 15 is 0 Å². The van der Waals surface area contributed by atoms with Crippen LogP contribution in [0.15, 0.2) is 28.8 Å². The third-order valence-electron chi connectivity index (χ3n) is 3.42. The minimum Gasteiger partial charge on any atom is -0.508 e. The highest BCUT2D eigenvalue weighted by atomic mass is 16.5. The van der Waals surface area contributed by atoms with Crippen molar-refractivity contribution in [3.63, 3.8) is 0 Å². The molecule has 0 spiro atoms. The van der Waals surface area contributed by atoms with Crippen LogP contribution in [0, 0.1) is 0 Å². The average molecular weight is 259 g/mol. The summed E-state index contributed by atoms with van der Waals surface area (Å²) in [6, 6.07) is 6.78. The lowest BCUT2D eigenvalue weighted by Crippen LogP contribution is -2.24. The molecular formula is C14H17N3O2. The van der Waals surface area contributed by atoms with Crippen LogP contribution in [0.1, 0.15) is 25.7 Å². The number of aromatic nitrogens is 2. The normalized spacial score (nSPS) is 16.3. The number of nitrogens with zero attached hydrogens (tertiary/aromatic N) is 3. The maximum Gasteiger partial charge on any atom is 0.266 e. The van der Waals surface area contributed by atoms with E-state index in [-0.39, 0.29) is 5.75 Å². The van der Waals surface area contributed by atoms with Gasteiger partial charge in [0.2, 0.25) is 0 Å². The lowest BCUT2D eigenvalue weighted by atomic mass is 10.2. The van der Waals surface area contributed by atoms with Gasteiger partial charge in [0.05, 0.1) is 0 Å². The summed E-state index contributed by atoms with van der Waals surface area (Å²) in [5, 5.41) is 13.3. The lowest BCUT2D eigenvalue weighted by Gasteiger charge is -2.16. The molecule has 0 radical (unpaired) electrons. The van der Waals surface area contributed by atoms with Gasteiger partial charge in [0.15, 0.2) is 0 Å². The van der Waals surface area contributed by atoms with Crippen molar-refractivity contribution >= 4 is 5.95 Å². The Kier molecular flexibility index (Phi) is 3.35. The third kappa shape index (κ3) is 2.70. The first kappa shape index (κ1) is 12.0. The fourth-order valence-corrected chi connectivity index (χ4v) is 2.34. The molecule has 0 bridgehead atoms. The largest absolute Gasteiger partial charge is 0.508 e. The van der Waals surface area contributed by atoms with Crippen molar-refractivity contribution in [2.75, 3.05) is 18.0 Å². The van der Waals surface area contributed by atoms with E-state index in [1.54, 1.807) is 24.3 Å². The SMILES string of the molecule is Oc1ccc(-c2nc(N3CCCCCC3)no2)cc1. The number of phenols is 1. The highest BCUT2D eigenvalue weighted by molar-refractivity contribution is 5.55. The van der Waals surface area contributed by atoms with Crippen LogP contribution in [-0.4, -0.2) is 28.3 Å². The van der Waals surface area contributed by atoms with E-state index in [1.807, 2.05) is 0 Å². The molecule has 1 aromatic carbocycles. The molecular weight excluding hydrogens is 242 g/mol. The molecule has 100 valence electrons. The molecule has 2 heterocycles. The first-order valence-corrected chi connectivity index (χ1v) is 6.71. The Morgan fingerprint density at radius 2 is 1.68 bits per heavy atom. The number of aromatic hydroxyl groups is 1. The summed E-state index contributed by atoms with van der Waals surface area (Å²) in [6.45, 7) is 1.99. The number of benzene rings is 1. The van der Waals surface area contributed by atoms with Crippen LogP contribution in [0.25, 0.3) is 11.5 Å². The zero-order valence-electron chi connectivity index (χ0n) is 10.7. The van der Waals surface area contributed by atoms with Crippen molar-refractivity contribution in [3.05, 3.63) is 24.3 Å². The van der Waals surface area contributed by atoms with Gasteiger partial charge >= 0.3 is 0 Å². The molecule has 1 saturated heterocycles. The highest BCUT2D eigenvalue weighted by Gasteiger charge is 2.16. The Hall–Kier alpha value is -2.04. The summed E-state index contributed by atoms with van der Waals surface area (Å²) in [5.41, 5.74) is 0.825. The Morgan fingerprint density at radius 1 is 1.00 bits per heavy atom. The smallest absolute Gasteiger partial charge is 0.266 e. The maximum absolute atomic E-state index is 9.27. The van der Waals surface area contributed by atoms with Crippen molar-refractivity contribution in [1.82, 2.24) is 10.1 Å². The minimum absolute atomic E-state index is 0.232. The van der Waals surface area contributed by atoms with E-state index in [9.17, 15) is 5.11 Å². The monoisotopic (exact) mass is 259 g/mol. The van der Waals surface area contributed by atoms with Gasteiger partial charge < -0.3 is 14.5 Å². The summed E-state index contributed by atoms with van der Waals surface area (Å²) in [4.78, 5) is 6.62. The van der Waals surface area contributed by atoms with Crippen molar-refractivity contribution in [1.29, 1.82) is 0 Å². The Balaban J connectivity index is 1.80. The van der Waals surface area contributed by atoms with Gasteiger partial charge in [0, 0.05) is 18.7 Å². The van der Waals surface area contributed by atoms with Gasteiger partial charge in [-0.2, -0.15) is 4.98 Å². The van der Waals surface area contributed by atoms with Crippen molar-refractivity contribution in [3.8, 4) is 17.2 Å². The van der Waals surface area contributed by atoms with Crippen LogP contribution in [-0.2, 0) is 0 Å². The second kappa shape index (κ2) is 5.30. The summed E-state index contributed by atoms with van der Waals surface area (Å²) in [7, 11) is 0. The average Bonchev–Trinajstić information content (AvgIpc) is 2.76. The summed E-state index contributed by atoms with van der Waals surface area (Å²) < 4.78 is 5.30. The van der Waals surface area contributed by atoms with E-state index < -0.39 is 0 Å². The number of hydrogen-bond acceptors (Lipinski definition) is 5. The molecule has 0 unspecified atom stereocenters. The quantitative estimate of drug-likeness (QED) is 0.898. The van der Waals surface area contributed by atoms with Crippen molar-refractivity contribution < 1.29 is 9.63 Å². The predicted molar refractivity (Wildman–Crippen MR) is 72.1 cm³/mol. The van der Waals surface area contributed by atoms with Crippen molar-refractivity contribution in [2.24, 2.45) is 0 Å². The standard InChI is InChI=1S/C14H17N3O2/c18-12-7-5-11(6-8-12)13-15-14(16-19-13)17-9-3-1-2-4-10-17/h5-8,18H,1-4,9-10H2. The summed E-state index contributed by atoms with van der Waals surface area (Å²) >= 11 is 0. The van der Waals surface area contributed by atoms with Gasteiger partial charge in [-0.15, -0.1) is 0 Å². The zero-order valence-corrected chi connectivity index (χ0v) is 10.7. The van der Waals surface area contributed by atoms with Gasteiger partial charge in [0.25, 0.3) is 11.8 Å². The van der Waals surface area contributed by atoms with Gasteiger partial charge in [0.1, 0.15) is 5.75 Å². The van der Waals surface area contributed by atoms with E-state index in [0.717, 1.165) is 18.7 Å². The van der Waals surface area contributed by atoms with E-state index in [1.165, 1.54) is 25.7 Å². The Bertz CT molecular complexity index is 528. The molecule has 0 aliphatic carbocycles. The molecule has 1 aromatic heterocycles. The summed E-state index contributed by atoms with van der Waals surface area (Å²) in [5.74, 6) is 1.40. The van der Waals surface area contributed by atoms with Crippen LogP contribution in [0.3, 0.4) is 0 Å². The predicted octanol–water partition coefficient (Wildman–Crippen LogP) is 2.82. The van der Waals surface area contributed by atoms with E-state index in [2.05, 4.69) is 15.0 Å². The first-order valence-electron chi connectivity index (χ1n) is 6.71. The fraction of sp³-hybridized carbons (Fsp3) is 0.429. The molecule has 1 N–H and O–H groups in total. The van der Waals surface area contributed by atoms with Crippen LogP contribution in [0.4, 0.5) is 5.95 Å². The Labute approximate surface area is 111 Å². The number of phenolic OH excluding ortho intramolecular Hbond substituents is 1. The van der Waals surface area contributed by atoms with Gasteiger partial charge in [-0.1, -0.05) is 12.8 Å². The van der Waals surface area contributed by atoms with E-state index in [0.29, 0.717) is 11.8 Å². The second-order valence-electron chi connectivity index (χ2n) is 4.85. The molecule has 1 aliphatic heterocycles. The lowest BCUT2D eigenvalue weighted by molar-refractivity contribution is 0.429. The Morgan fingerprint density at radius 3 is 2.37 bits per heavy atom. The van der Waals surface area contributed by atoms with Crippen LogP contribution in [0.2, 0.25) is 0 Å². The third-order valence-corrected chi connectivity index (χ3v) is 3.42. The van der Waals surface area contributed by atoms with Gasteiger partial charge in [-0.05, 0) is 42.3 Å². The number of anilines is 1.